The molecule has 8 heteroatoms. The van der Waals surface area contributed by atoms with Crippen molar-refractivity contribution in [1.82, 2.24) is 19.3 Å². The number of ether oxygens (including phenoxy) is 2. The second-order valence-corrected chi connectivity index (χ2v) is 10.8. The molecule has 1 aromatic carbocycles. The standard InChI is InChI=1S/C28H40N4O4/c1-28(2,3)36-27(34)31-17-12-23(13-18-31)32-16-5-7-25(32)26(33)30-15-6-14-29(19-20-30)21-22-8-10-24(35-4)11-9-22/h5,7-11,16,23H,6,12-15,17-21H2,1-4H3. The third kappa shape index (κ3) is 6.60. The molecular formula is C28H40N4O4. The van der Waals surface area contributed by atoms with E-state index in [2.05, 4.69) is 21.6 Å². The Hall–Kier alpha value is -3.00. The Bertz CT molecular complexity index is 1020. The van der Waals surface area contributed by atoms with E-state index in [-0.39, 0.29) is 18.0 Å². The molecule has 0 bridgehead atoms. The van der Waals surface area contributed by atoms with Crippen LogP contribution in [0.2, 0.25) is 0 Å². The normalized spacial score (nSPS) is 18.1. The molecule has 2 saturated heterocycles. The lowest BCUT2D eigenvalue weighted by molar-refractivity contribution is 0.0186. The van der Waals surface area contributed by atoms with Crippen molar-refractivity contribution in [3.05, 3.63) is 53.9 Å². The number of nitrogens with zero attached hydrogens (tertiary/aromatic N) is 4. The van der Waals surface area contributed by atoms with E-state index in [1.807, 2.05) is 56.1 Å². The van der Waals surface area contributed by atoms with E-state index >= 15 is 0 Å². The molecule has 0 aliphatic carbocycles. The number of carbonyl (C=O) groups excluding carboxylic acids is 2. The first-order chi connectivity index (χ1) is 17.2. The second-order valence-electron chi connectivity index (χ2n) is 10.8. The smallest absolute Gasteiger partial charge is 0.410 e. The van der Waals surface area contributed by atoms with Gasteiger partial charge in [-0.3, -0.25) is 9.69 Å². The molecule has 2 amide bonds. The molecule has 0 N–H and O–H groups in total. The minimum Gasteiger partial charge on any atom is -0.497 e. The van der Waals surface area contributed by atoms with Crippen molar-refractivity contribution in [2.75, 3.05) is 46.4 Å². The summed E-state index contributed by atoms with van der Waals surface area (Å²) >= 11 is 0. The fourth-order valence-corrected chi connectivity index (χ4v) is 5.03. The quantitative estimate of drug-likeness (QED) is 0.613. The lowest BCUT2D eigenvalue weighted by Crippen LogP contribution is -2.42. The van der Waals surface area contributed by atoms with Crippen molar-refractivity contribution in [2.24, 2.45) is 0 Å². The van der Waals surface area contributed by atoms with Gasteiger partial charge in [-0.05, 0) is 69.9 Å². The van der Waals surface area contributed by atoms with Crippen LogP contribution in [0.5, 0.6) is 5.75 Å². The maximum absolute atomic E-state index is 13.5. The number of aromatic nitrogens is 1. The summed E-state index contributed by atoms with van der Waals surface area (Å²) in [6.45, 7) is 11.1. The molecule has 2 aromatic rings. The van der Waals surface area contributed by atoms with Crippen molar-refractivity contribution in [2.45, 2.75) is 58.2 Å². The highest BCUT2D eigenvalue weighted by molar-refractivity contribution is 5.92. The van der Waals surface area contributed by atoms with Gasteiger partial charge in [-0.2, -0.15) is 0 Å². The Balaban J connectivity index is 1.32. The molecule has 0 radical (unpaired) electrons. The number of rotatable bonds is 5. The highest BCUT2D eigenvalue weighted by atomic mass is 16.6. The van der Waals surface area contributed by atoms with Gasteiger partial charge in [0.1, 0.15) is 17.0 Å². The first-order valence-corrected chi connectivity index (χ1v) is 13.0. The molecule has 0 atom stereocenters. The van der Waals surface area contributed by atoms with Crippen LogP contribution in [-0.4, -0.2) is 83.2 Å². The summed E-state index contributed by atoms with van der Waals surface area (Å²) in [5, 5.41) is 0. The van der Waals surface area contributed by atoms with Gasteiger partial charge in [0.2, 0.25) is 0 Å². The van der Waals surface area contributed by atoms with Crippen LogP contribution < -0.4 is 4.74 Å². The van der Waals surface area contributed by atoms with Crippen LogP contribution in [0.4, 0.5) is 4.79 Å². The van der Waals surface area contributed by atoms with Gasteiger partial charge in [0.25, 0.3) is 5.91 Å². The molecule has 0 saturated carbocycles. The minimum absolute atomic E-state index is 0.0980. The van der Waals surface area contributed by atoms with Crippen LogP contribution in [0, 0.1) is 0 Å². The van der Waals surface area contributed by atoms with Crippen molar-refractivity contribution in [1.29, 1.82) is 0 Å². The van der Waals surface area contributed by atoms with Gasteiger partial charge in [-0.1, -0.05) is 12.1 Å². The zero-order valence-electron chi connectivity index (χ0n) is 22.1. The monoisotopic (exact) mass is 496 g/mol. The molecule has 2 fully saturated rings. The van der Waals surface area contributed by atoms with Gasteiger partial charge >= 0.3 is 6.09 Å². The van der Waals surface area contributed by atoms with Crippen LogP contribution >= 0.6 is 0 Å². The van der Waals surface area contributed by atoms with E-state index < -0.39 is 5.60 Å². The third-order valence-corrected chi connectivity index (χ3v) is 6.95. The number of carbonyl (C=O) groups is 2. The van der Waals surface area contributed by atoms with E-state index in [1.54, 1.807) is 12.0 Å². The van der Waals surface area contributed by atoms with E-state index in [4.69, 9.17) is 9.47 Å². The zero-order valence-corrected chi connectivity index (χ0v) is 22.1. The third-order valence-electron chi connectivity index (χ3n) is 6.95. The number of hydrogen-bond acceptors (Lipinski definition) is 5. The number of benzene rings is 1. The van der Waals surface area contributed by atoms with Crippen molar-refractivity contribution in [3.63, 3.8) is 0 Å². The molecule has 1 aromatic heterocycles. The van der Waals surface area contributed by atoms with E-state index in [1.165, 1.54) is 5.56 Å². The van der Waals surface area contributed by atoms with Gasteiger partial charge in [-0.25, -0.2) is 4.79 Å². The van der Waals surface area contributed by atoms with Crippen LogP contribution in [0.1, 0.15) is 62.1 Å². The fraction of sp³-hybridized carbons (Fsp3) is 0.571. The number of methoxy groups -OCH3 is 1. The number of amides is 2. The molecule has 0 unspecified atom stereocenters. The molecule has 196 valence electrons. The van der Waals surface area contributed by atoms with Crippen LogP contribution in [0.3, 0.4) is 0 Å². The van der Waals surface area contributed by atoms with Gasteiger partial charge < -0.3 is 23.8 Å². The summed E-state index contributed by atoms with van der Waals surface area (Å²) in [4.78, 5) is 32.1. The fourth-order valence-electron chi connectivity index (χ4n) is 5.03. The Kier molecular flexibility index (Phi) is 8.24. The summed E-state index contributed by atoms with van der Waals surface area (Å²) < 4.78 is 12.9. The predicted octanol–water partition coefficient (Wildman–Crippen LogP) is 4.42. The van der Waals surface area contributed by atoms with E-state index in [0.29, 0.717) is 13.1 Å². The molecule has 4 rings (SSSR count). The van der Waals surface area contributed by atoms with Gasteiger partial charge in [-0.15, -0.1) is 0 Å². The van der Waals surface area contributed by atoms with E-state index in [9.17, 15) is 9.59 Å². The first kappa shape index (κ1) is 26.1. The minimum atomic E-state index is -0.495. The molecular weight excluding hydrogens is 456 g/mol. The predicted molar refractivity (Wildman–Crippen MR) is 139 cm³/mol. The molecule has 3 heterocycles. The molecule has 2 aliphatic rings. The summed E-state index contributed by atoms with van der Waals surface area (Å²) in [6.07, 6.45) is 4.33. The second kappa shape index (κ2) is 11.4. The van der Waals surface area contributed by atoms with Crippen LogP contribution in [0.25, 0.3) is 0 Å². The maximum Gasteiger partial charge on any atom is 0.410 e. The number of hydrogen-bond donors (Lipinski definition) is 0. The van der Waals surface area contributed by atoms with E-state index in [0.717, 1.165) is 63.4 Å². The molecule has 36 heavy (non-hydrogen) atoms. The number of likely N-dealkylation sites (tertiary alicyclic amines) is 1. The Labute approximate surface area is 214 Å². The van der Waals surface area contributed by atoms with Crippen molar-refractivity contribution in [3.8, 4) is 5.75 Å². The van der Waals surface area contributed by atoms with Crippen molar-refractivity contribution < 1.29 is 19.1 Å². The largest absolute Gasteiger partial charge is 0.497 e. The molecule has 2 aliphatic heterocycles. The Morgan fingerprint density at radius 1 is 0.917 bits per heavy atom. The highest BCUT2D eigenvalue weighted by Crippen LogP contribution is 2.26. The molecule has 0 spiro atoms. The maximum atomic E-state index is 13.5. The SMILES string of the molecule is COc1ccc(CN2CCCN(C(=O)c3cccn3C3CCN(C(=O)OC(C)(C)C)CC3)CC2)cc1. The Morgan fingerprint density at radius 3 is 2.31 bits per heavy atom. The molecule has 8 nitrogen and oxygen atoms in total. The van der Waals surface area contributed by atoms with Gasteiger partial charge in [0.15, 0.2) is 0 Å². The lowest BCUT2D eigenvalue weighted by atomic mass is 10.0. The van der Waals surface area contributed by atoms with Crippen molar-refractivity contribution >= 4 is 12.0 Å². The summed E-state index contributed by atoms with van der Waals surface area (Å²) in [5.74, 6) is 0.964. The summed E-state index contributed by atoms with van der Waals surface area (Å²) in [6, 6.07) is 12.3. The van der Waals surface area contributed by atoms with Crippen LogP contribution in [0.15, 0.2) is 42.6 Å². The Morgan fingerprint density at radius 2 is 1.64 bits per heavy atom. The first-order valence-electron chi connectivity index (χ1n) is 13.0. The highest BCUT2D eigenvalue weighted by Gasteiger charge is 2.30. The topological polar surface area (TPSA) is 67.2 Å². The van der Waals surface area contributed by atoms with Gasteiger partial charge in [0.05, 0.1) is 7.11 Å². The summed E-state index contributed by atoms with van der Waals surface area (Å²) in [5.41, 5.74) is 1.50. The van der Waals surface area contributed by atoms with Crippen LogP contribution in [-0.2, 0) is 11.3 Å². The number of piperidine rings is 1. The van der Waals surface area contributed by atoms with Gasteiger partial charge in [0, 0.05) is 58.1 Å². The lowest BCUT2D eigenvalue weighted by Gasteiger charge is -2.34. The average molecular weight is 497 g/mol. The summed E-state index contributed by atoms with van der Waals surface area (Å²) in [7, 11) is 1.68. The zero-order chi connectivity index (χ0) is 25.7. The average Bonchev–Trinajstić information content (AvgIpc) is 3.23.